The summed E-state index contributed by atoms with van der Waals surface area (Å²) in [5.41, 5.74) is -0.636. The minimum Gasteiger partial charge on any atom is -0.337 e. The zero-order valence-electron chi connectivity index (χ0n) is 13.3. The molecular weight excluding hydrogens is 288 g/mol. The van der Waals surface area contributed by atoms with Gasteiger partial charge in [-0.2, -0.15) is 5.26 Å². The highest BCUT2D eigenvalue weighted by atomic mass is 19.1. The molecule has 0 aromatic heterocycles. The minimum atomic E-state index is -0.945. The van der Waals surface area contributed by atoms with E-state index in [1.807, 2.05) is 13.8 Å². The fraction of sp³-hybridized carbons (Fsp3) is 0.500. The summed E-state index contributed by atoms with van der Waals surface area (Å²) in [7, 11) is 1.65. The fourth-order valence-electron chi connectivity index (χ4n) is 1.87. The van der Waals surface area contributed by atoms with Gasteiger partial charge in [-0.1, -0.05) is 19.9 Å². The van der Waals surface area contributed by atoms with Gasteiger partial charge in [0.05, 0.1) is 12.6 Å². The lowest BCUT2D eigenvalue weighted by atomic mass is 9.90. The first-order valence-electron chi connectivity index (χ1n) is 7.02. The van der Waals surface area contributed by atoms with Gasteiger partial charge < -0.3 is 5.32 Å². The number of nitrogens with one attached hydrogen (secondary N) is 1. The van der Waals surface area contributed by atoms with Crippen molar-refractivity contribution in [3.8, 4) is 6.07 Å². The summed E-state index contributed by atoms with van der Waals surface area (Å²) in [5, 5.41) is 11.9. The monoisotopic (exact) mass is 309 g/mol. The molecular formula is C16H21F2N3O. The molecule has 0 aliphatic carbocycles. The fourth-order valence-corrected chi connectivity index (χ4v) is 1.87. The number of likely N-dealkylation sites (N-methyl/N-ethyl adjacent to an activating group) is 1. The highest BCUT2D eigenvalue weighted by Crippen LogP contribution is 2.15. The molecule has 0 radical (unpaired) electrons. The molecule has 22 heavy (non-hydrogen) atoms. The third kappa shape index (κ3) is 4.78. The van der Waals surface area contributed by atoms with Crippen molar-refractivity contribution in [1.82, 2.24) is 10.2 Å². The third-order valence-electron chi connectivity index (χ3n) is 3.65. The zero-order valence-corrected chi connectivity index (χ0v) is 13.3. The number of benzene rings is 1. The predicted octanol–water partition coefficient (Wildman–Crippen LogP) is 2.45. The molecule has 0 aliphatic rings. The number of nitriles is 1. The summed E-state index contributed by atoms with van der Waals surface area (Å²) in [4.78, 5) is 13.6. The van der Waals surface area contributed by atoms with Crippen molar-refractivity contribution in [1.29, 1.82) is 5.26 Å². The first kappa shape index (κ1) is 18.1. The van der Waals surface area contributed by atoms with E-state index in [-0.39, 0.29) is 24.9 Å². The van der Waals surface area contributed by atoms with Crippen molar-refractivity contribution in [3.63, 3.8) is 0 Å². The molecule has 0 bridgehead atoms. The van der Waals surface area contributed by atoms with E-state index in [0.29, 0.717) is 5.56 Å². The number of hydrogen-bond donors (Lipinski definition) is 1. The minimum absolute atomic E-state index is 0.0147. The van der Waals surface area contributed by atoms with E-state index in [2.05, 4.69) is 11.4 Å². The molecule has 1 aromatic carbocycles. The number of nitrogens with zero attached hydrogens (tertiary/aromatic N) is 2. The Labute approximate surface area is 129 Å². The molecule has 0 saturated heterocycles. The van der Waals surface area contributed by atoms with Crippen LogP contribution in [-0.2, 0) is 11.3 Å². The van der Waals surface area contributed by atoms with E-state index in [1.54, 1.807) is 18.9 Å². The molecule has 0 spiro atoms. The molecule has 4 nitrogen and oxygen atoms in total. The van der Waals surface area contributed by atoms with Crippen LogP contribution in [0.4, 0.5) is 8.78 Å². The number of hydrogen-bond acceptors (Lipinski definition) is 3. The number of amides is 1. The molecule has 0 heterocycles. The van der Waals surface area contributed by atoms with E-state index in [1.165, 1.54) is 12.1 Å². The SMILES string of the molecule is CC(C)C(C)(C#N)NC(=O)CN(C)Cc1ccc(F)cc1F. The highest BCUT2D eigenvalue weighted by Gasteiger charge is 2.30. The number of halogens is 2. The Morgan fingerprint density at radius 1 is 1.45 bits per heavy atom. The Bertz CT molecular complexity index is 583. The first-order valence-corrected chi connectivity index (χ1v) is 7.02. The second-order valence-corrected chi connectivity index (χ2v) is 5.93. The van der Waals surface area contributed by atoms with Crippen molar-refractivity contribution in [2.45, 2.75) is 32.9 Å². The Morgan fingerprint density at radius 3 is 2.59 bits per heavy atom. The maximum Gasteiger partial charge on any atom is 0.235 e. The van der Waals surface area contributed by atoms with Crippen LogP contribution in [0.3, 0.4) is 0 Å². The van der Waals surface area contributed by atoms with Gasteiger partial charge in [-0.15, -0.1) is 0 Å². The molecule has 1 N–H and O–H groups in total. The van der Waals surface area contributed by atoms with E-state index >= 15 is 0 Å². The molecule has 1 amide bonds. The van der Waals surface area contributed by atoms with Crippen LogP contribution in [0.15, 0.2) is 18.2 Å². The standard InChI is InChI=1S/C16H21F2N3O/c1-11(2)16(3,10-19)20-15(22)9-21(4)8-12-5-6-13(17)7-14(12)18/h5-7,11H,8-9H2,1-4H3,(H,20,22). The molecule has 0 saturated carbocycles. The van der Waals surface area contributed by atoms with Crippen molar-refractivity contribution in [2.75, 3.05) is 13.6 Å². The first-order chi connectivity index (χ1) is 10.2. The third-order valence-corrected chi connectivity index (χ3v) is 3.65. The molecule has 120 valence electrons. The summed E-state index contributed by atoms with van der Waals surface area (Å²) in [6.45, 7) is 5.54. The normalized spacial score (nSPS) is 13.8. The van der Waals surface area contributed by atoms with Crippen molar-refractivity contribution in [2.24, 2.45) is 5.92 Å². The molecule has 6 heteroatoms. The van der Waals surface area contributed by atoms with Gasteiger partial charge in [-0.25, -0.2) is 8.78 Å². The van der Waals surface area contributed by atoms with Crippen molar-refractivity contribution >= 4 is 5.91 Å². The van der Waals surface area contributed by atoms with E-state index in [4.69, 9.17) is 0 Å². The quantitative estimate of drug-likeness (QED) is 0.878. The molecule has 0 aliphatic heterocycles. The van der Waals surface area contributed by atoms with E-state index < -0.39 is 17.2 Å². The topological polar surface area (TPSA) is 56.1 Å². The maximum absolute atomic E-state index is 13.6. The van der Waals surface area contributed by atoms with Crippen molar-refractivity contribution < 1.29 is 13.6 Å². The van der Waals surface area contributed by atoms with Crippen LogP contribution in [-0.4, -0.2) is 29.9 Å². The average molecular weight is 309 g/mol. The lowest BCUT2D eigenvalue weighted by Crippen LogP contribution is -2.51. The van der Waals surface area contributed by atoms with Gasteiger partial charge in [-0.05, 0) is 26.0 Å². The van der Waals surface area contributed by atoms with Gasteiger partial charge in [0.2, 0.25) is 5.91 Å². The van der Waals surface area contributed by atoms with Crippen LogP contribution >= 0.6 is 0 Å². The smallest absolute Gasteiger partial charge is 0.235 e. The summed E-state index contributed by atoms with van der Waals surface area (Å²) in [5.74, 6) is -1.64. The summed E-state index contributed by atoms with van der Waals surface area (Å²) in [6, 6.07) is 5.44. The highest BCUT2D eigenvalue weighted by molar-refractivity contribution is 5.79. The molecule has 1 atom stereocenters. The van der Waals surface area contributed by atoms with Gasteiger partial charge in [0.25, 0.3) is 0 Å². The van der Waals surface area contributed by atoms with Crippen LogP contribution in [0, 0.1) is 28.9 Å². The Hall–Kier alpha value is -2.00. The summed E-state index contributed by atoms with van der Waals surface area (Å²) in [6.07, 6.45) is 0. The molecule has 1 unspecified atom stereocenters. The van der Waals surface area contributed by atoms with Crippen LogP contribution in [0.5, 0.6) is 0 Å². The lowest BCUT2D eigenvalue weighted by Gasteiger charge is -2.28. The zero-order chi connectivity index (χ0) is 16.9. The number of rotatable bonds is 6. The number of carbonyl (C=O) groups excluding carboxylic acids is 1. The predicted molar refractivity (Wildman–Crippen MR) is 79.7 cm³/mol. The average Bonchev–Trinajstić information content (AvgIpc) is 2.41. The summed E-state index contributed by atoms with van der Waals surface area (Å²) < 4.78 is 26.4. The van der Waals surface area contributed by atoms with Gasteiger partial charge in [0.1, 0.15) is 17.2 Å². The Balaban J connectivity index is 2.63. The largest absolute Gasteiger partial charge is 0.337 e. The van der Waals surface area contributed by atoms with Gasteiger partial charge in [-0.3, -0.25) is 9.69 Å². The Kier molecular flexibility index (Phi) is 6.01. The lowest BCUT2D eigenvalue weighted by molar-refractivity contribution is -0.123. The second-order valence-electron chi connectivity index (χ2n) is 5.93. The van der Waals surface area contributed by atoms with Crippen LogP contribution in [0.25, 0.3) is 0 Å². The maximum atomic E-state index is 13.6. The van der Waals surface area contributed by atoms with Crippen LogP contribution < -0.4 is 5.32 Å². The van der Waals surface area contributed by atoms with Crippen LogP contribution in [0.2, 0.25) is 0 Å². The van der Waals surface area contributed by atoms with Gasteiger partial charge in [0, 0.05) is 18.2 Å². The summed E-state index contributed by atoms with van der Waals surface area (Å²) >= 11 is 0. The van der Waals surface area contributed by atoms with Crippen molar-refractivity contribution in [3.05, 3.63) is 35.4 Å². The van der Waals surface area contributed by atoms with E-state index in [9.17, 15) is 18.8 Å². The molecule has 0 fully saturated rings. The van der Waals surface area contributed by atoms with E-state index in [0.717, 1.165) is 6.07 Å². The Morgan fingerprint density at radius 2 is 2.09 bits per heavy atom. The molecule has 1 rings (SSSR count). The second kappa shape index (κ2) is 7.32. The van der Waals surface area contributed by atoms with Crippen LogP contribution in [0.1, 0.15) is 26.3 Å². The van der Waals surface area contributed by atoms with Gasteiger partial charge >= 0.3 is 0 Å². The number of carbonyl (C=O) groups is 1. The van der Waals surface area contributed by atoms with Gasteiger partial charge in [0.15, 0.2) is 0 Å². The molecule has 1 aromatic rings.